The van der Waals surface area contributed by atoms with Crippen LogP contribution in [0.2, 0.25) is 0 Å². The minimum atomic E-state index is 0.0632. The molecule has 0 unspecified atom stereocenters. The molecular weight excluding hydrogens is 296 g/mol. The molecule has 0 saturated heterocycles. The molecule has 3 aromatic rings. The predicted octanol–water partition coefficient (Wildman–Crippen LogP) is 3.71. The summed E-state index contributed by atoms with van der Waals surface area (Å²) in [6, 6.07) is 4.00. The largest absolute Gasteiger partial charge is 0.444 e. The number of H-pyrrole nitrogens is 1. The third-order valence-electron chi connectivity index (χ3n) is 3.37. The highest BCUT2D eigenvalue weighted by atomic mass is 32.1. The Morgan fingerprint density at radius 3 is 2.91 bits per heavy atom. The van der Waals surface area contributed by atoms with Gasteiger partial charge in [-0.05, 0) is 11.4 Å². The average Bonchev–Trinajstić information content (AvgIpc) is 3.19. The lowest BCUT2D eigenvalue weighted by Crippen LogP contribution is -2.19. The molecular formula is C16H20N4OS. The number of aromatic amines is 1. The number of nitrogens with one attached hydrogen (secondary N) is 2. The van der Waals surface area contributed by atoms with Crippen molar-refractivity contribution in [3.05, 3.63) is 46.9 Å². The molecule has 0 aromatic carbocycles. The normalized spacial score (nSPS) is 12.0. The second-order valence-corrected chi connectivity index (χ2v) is 7.19. The molecule has 0 radical (unpaired) electrons. The Balaban J connectivity index is 1.59. The number of oxazole rings is 1. The second kappa shape index (κ2) is 6.06. The van der Waals surface area contributed by atoms with Gasteiger partial charge in [0.1, 0.15) is 6.26 Å². The fraction of sp³-hybridized carbons (Fsp3) is 0.375. The van der Waals surface area contributed by atoms with E-state index in [2.05, 4.69) is 41.3 Å². The predicted molar refractivity (Wildman–Crippen MR) is 87.6 cm³/mol. The van der Waals surface area contributed by atoms with Crippen LogP contribution in [-0.4, -0.2) is 15.2 Å². The summed E-state index contributed by atoms with van der Waals surface area (Å²) in [4.78, 5) is 5.55. The molecule has 22 heavy (non-hydrogen) atoms. The van der Waals surface area contributed by atoms with Crippen molar-refractivity contribution in [2.45, 2.75) is 39.3 Å². The smallest absolute Gasteiger partial charge is 0.236 e. The van der Waals surface area contributed by atoms with Gasteiger partial charge >= 0.3 is 0 Å². The van der Waals surface area contributed by atoms with Gasteiger partial charge in [-0.2, -0.15) is 5.10 Å². The average molecular weight is 316 g/mol. The van der Waals surface area contributed by atoms with E-state index in [0.29, 0.717) is 12.4 Å². The van der Waals surface area contributed by atoms with Crippen LogP contribution in [0.3, 0.4) is 0 Å². The molecule has 0 aliphatic rings. The molecule has 0 saturated carbocycles. The van der Waals surface area contributed by atoms with Gasteiger partial charge in [-0.25, -0.2) is 4.98 Å². The Labute approximate surface area is 133 Å². The van der Waals surface area contributed by atoms with Crippen LogP contribution in [0.25, 0.3) is 10.8 Å². The van der Waals surface area contributed by atoms with Crippen LogP contribution in [-0.2, 0) is 18.5 Å². The Hall–Kier alpha value is -1.92. The van der Waals surface area contributed by atoms with Crippen molar-refractivity contribution < 1.29 is 4.42 Å². The zero-order valence-electron chi connectivity index (χ0n) is 13.0. The molecule has 0 aliphatic carbocycles. The van der Waals surface area contributed by atoms with E-state index in [9.17, 15) is 0 Å². The summed E-state index contributed by atoms with van der Waals surface area (Å²) < 4.78 is 5.52. The lowest BCUT2D eigenvalue weighted by atomic mass is 9.89. The van der Waals surface area contributed by atoms with Gasteiger partial charge < -0.3 is 9.73 Å². The highest BCUT2D eigenvalue weighted by Crippen LogP contribution is 2.24. The Morgan fingerprint density at radius 1 is 1.32 bits per heavy atom. The highest BCUT2D eigenvalue weighted by Gasteiger charge is 2.19. The summed E-state index contributed by atoms with van der Waals surface area (Å²) in [7, 11) is 0. The van der Waals surface area contributed by atoms with Crippen LogP contribution >= 0.6 is 11.3 Å². The van der Waals surface area contributed by atoms with E-state index in [1.807, 2.05) is 23.7 Å². The van der Waals surface area contributed by atoms with E-state index in [1.54, 1.807) is 17.6 Å². The van der Waals surface area contributed by atoms with Gasteiger partial charge in [0, 0.05) is 29.8 Å². The first-order valence-corrected chi connectivity index (χ1v) is 8.14. The Morgan fingerprint density at radius 2 is 2.18 bits per heavy atom. The van der Waals surface area contributed by atoms with Crippen molar-refractivity contribution in [2.75, 3.05) is 0 Å². The van der Waals surface area contributed by atoms with E-state index in [4.69, 9.17) is 4.42 Å². The van der Waals surface area contributed by atoms with Gasteiger partial charge in [0.15, 0.2) is 0 Å². The SMILES string of the molecule is CC(C)(C)c1[nH]ncc1CNCc1coc(-c2cccs2)n1. The van der Waals surface area contributed by atoms with Gasteiger partial charge in [-0.15, -0.1) is 11.3 Å². The van der Waals surface area contributed by atoms with Gasteiger partial charge in [-0.3, -0.25) is 5.10 Å². The summed E-state index contributed by atoms with van der Waals surface area (Å²) in [6.07, 6.45) is 3.59. The molecule has 0 spiro atoms. The van der Waals surface area contributed by atoms with Gasteiger partial charge in [-0.1, -0.05) is 26.8 Å². The van der Waals surface area contributed by atoms with Crippen molar-refractivity contribution in [2.24, 2.45) is 0 Å². The van der Waals surface area contributed by atoms with E-state index >= 15 is 0 Å². The molecule has 0 atom stereocenters. The quantitative estimate of drug-likeness (QED) is 0.753. The molecule has 0 fully saturated rings. The highest BCUT2D eigenvalue weighted by molar-refractivity contribution is 7.13. The van der Waals surface area contributed by atoms with E-state index < -0.39 is 0 Å². The van der Waals surface area contributed by atoms with E-state index in [1.165, 1.54) is 11.3 Å². The molecule has 116 valence electrons. The van der Waals surface area contributed by atoms with Gasteiger partial charge in [0.05, 0.1) is 16.8 Å². The first kappa shape index (κ1) is 15.0. The third kappa shape index (κ3) is 3.28. The van der Waals surface area contributed by atoms with Crippen LogP contribution in [0.4, 0.5) is 0 Å². The maximum Gasteiger partial charge on any atom is 0.236 e. The van der Waals surface area contributed by atoms with Crippen LogP contribution in [0.1, 0.15) is 37.7 Å². The molecule has 3 heterocycles. The monoisotopic (exact) mass is 316 g/mol. The van der Waals surface area contributed by atoms with Crippen molar-refractivity contribution in [3.8, 4) is 10.8 Å². The maximum absolute atomic E-state index is 5.52. The topological polar surface area (TPSA) is 66.7 Å². The molecule has 0 bridgehead atoms. The molecule has 2 N–H and O–H groups in total. The van der Waals surface area contributed by atoms with E-state index in [0.717, 1.165) is 17.1 Å². The fourth-order valence-corrected chi connectivity index (χ4v) is 2.98. The Kier molecular flexibility index (Phi) is 4.13. The molecule has 0 aliphatic heterocycles. The second-order valence-electron chi connectivity index (χ2n) is 6.25. The first-order valence-electron chi connectivity index (χ1n) is 7.26. The molecule has 3 aromatic heterocycles. The van der Waals surface area contributed by atoms with Gasteiger partial charge in [0.25, 0.3) is 0 Å². The zero-order valence-corrected chi connectivity index (χ0v) is 13.8. The molecule has 6 heteroatoms. The fourth-order valence-electron chi connectivity index (χ4n) is 2.32. The van der Waals surface area contributed by atoms with Crippen LogP contribution in [0.5, 0.6) is 0 Å². The molecule has 3 rings (SSSR count). The number of rotatable bonds is 5. The third-order valence-corrected chi connectivity index (χ3v) is 4.23. The lowest BCUT2D eigenvalue weighted by Gasteiger charge is -2.18. The van der Waals surface area contributed by atoms with Gasteiger partial charge in [0.2, 0.25) is 5.89 Å². The van der Waals surface area contributed by atoms with Crippen molar-refractivity contribution in [1.29, 1.82) is 0 Å². The summed E-state index contributed by atoms with van der Waals surface area (Å²) in [6.45, 7) is 7.95. The summed E-state index contributed by atoms with van der Waals surface area (Å²) in [5, 5.41) is 12.7. The first-order chi connectivity index (χ1) is 10.5. The molecule has 5 nitrogen and oxygen atoms in total. The standard InChI is InChI=1S/C16H20N4OS/c1-16(2,3)14-11(8-18-20-14)7-17-9-12-10-21-15(19-12)13-5-4-6-22-13/h4-6,8,10,17H,7,9H2,1-3H3,(H,18,20). The number of aromatic nitrogens is 3. The van der Waals surface area contributed by atoms with Crippen LogP contribution in [0, 0.1) is 0 Å². The number of nitrogens with zero attached hydrogens (tertiary/aromatic N) is 2. The Bertz CT molecular complexity index is 722. The zero-order chi connectivity index (χ0) is 15.6. The summed E-state index contributed by atoms with van der Waals surface area (Å²) in [5.74, 6) is 0.686. The van der Waals surface area contributed by atoms with Crippen LogP contribution in [0.15, 0.2) is 34.4 Å². The number of hydrogen-bond acceptors (Lipinski definition) is 5. The minimum Gasteiger partial charge on any atom is -0.444 e. The summed E-state index contributed by atoms with van der Waals surface area (Å²) >= 11 is 1.63. The maximum atomic E-state index is 5.52. The van der Waals surface area contributed by atoms with E-state index in [-0.39, 0.29) is 5.41 Å². The van der Waals surface area contributed by atoms with Crippen LogP contribution < -0.4 is 5.32 Å². The minimum absolute atomic E-state index is 0.0632. The lowest BCUT2D eigenvalue weighted by molar-refractivity contribution is 0.551. The van der Waals surface area contributed by atoms with Crippen molar-refractivity contribution >= 4 is 11.3 Å². The number of hydrogen-bond donors (Lipinski definition) is 2. The summed E-state index contributed by atoms with van der Waals surface area (Å²) in [5.41, 5.74) is 3.33. The van der Waals surface area contributed by atoms with Crippen molar-refractivity contribution in [1.82, 2.24) is 20.5 Å². The molecule has 0 amide bonds. The number of thiophene rings is 1. The van der Waals surface area contributed by atoms with Crippen molar-refractivity contribution in [3.63, 3.8) is 0 Å².